The van der Waals surface area contributed by atoms with E-state index in [4.69, 9.17) is 0 Å². The molecule has 4 nitrogen and oxygen atoms in total. The molecular weight excluding hydrogens is 286 g/mol. The van der Waals surface area contributed by atoms with Crippen LogP contribution in [0.5, 0.6) is 0 Å². The molecule has 2 bridgehead atoms. The van der Waals surface area contributed by atoms with E-state index in [0.29, 0.717) is 11.5 Å². The highest BCUT2D eigenvalue weighted by atomic mass is 16.1. The van der Waals surface area contributed by atoms with Crippen LogP contribution in [0.1, 0.15) is 43.0 Å². The number of nitrogens with one attached hydrogen (secondary N) is 1. The van der Waals surface area contributed by atoms with Gasteiger partial charge in [-0.1, -0.05) is 24.6 Å². The predicted molar refractivity (Wildman–Crippen MR) is 89.4 cm³/mol. The Morgan fingerprint density at radius 3 is 2.78 bits per heavy atom. The van der Waals surface area contributed by atoms with Gasteiger partial charge in [0, 0.05) is 12.2 Å². The van der Waals surface area contributed by atoms with Gasteiger partial charge in [-0.3, -0.25) is 4.79 Å². The summed E-state index contributed by atoms with van der Waals surface area (Å²) < 4.78 is 1.75. The second-order valence-corrected chi connectivity index (χ2v) is 7.11. The number of hydrogen-bond acceptors (Lipinski definition) is 2. The van der Waals surface area contributed by atoms with Crippen molar-refractivity contribution in [1.29, 1.82) is 0 Å². The lowest BCUT2D eigenvalue weighted by Crippen LogP contribution is -2.40. The molecular formula is C19H23N3O. The molecule has 0 spiro atoms. The van der Waals surface area contributed by atoms with Gasteiger partial charge in [0.1, 0.15) is 0 Å². The molecule has 1 amide bonds. The fourth-order valence-corrected chi connectivity index (χ4v) is 4.47. The summed E-state index contributed by atoms with van der Waals surface area (Å²) in [6, 6.07) is 10.1. The van der Waals surface area contributed by atoms with Crippen molar-refractivity contribution >= 4 is 5.91 Å². The molecule has 4 heteroatoms. The highest BCUT2D eigenvalue weighted by Crippen LogP contribution is 2.49. The maximum Gasteiger partial charge on any atom is 0.254 e. The number of nitrogens with zero attached hydrogens (tertiary/aromatic N) is 2. The standard InChI is InChI=1S/C19H23N3O/c1-13(18-10-14-7-8-15(18)9-14)21-19(23)16-11-20-22(12-16)17-5-3-2-4-6-17/h2-6,11-15,18H,7-10H2,1H3,(H,21,23). The summed E-state index contributed by atoms with van der Waals surface area (Å²) in [5, 5.41) is 7.50. The first-order chi connectivity index (χ1) is 11.2. The number of para-hydroxylation sites is 1. The van der Waals surface area contributed by atoms with Crippen LogP contribution in [0.25, 0.3) is 5.69 Å². The number of carbonyl (C=O) groups excluding carboxylic acids is 1. The number of rotatable bonds is 4. The minimum Gasteiger partial charge on any atom is -0.349 e. The molecule has 2 saturated carbocycles. The Morgan fingerprint density at radius 2 is 2.09 bits per heavy atom. The van der Waals surface area contributed by atoms with E-state index in [9.17, 15) is 4.79 Å². The molecule has 23 heavy (non-hydrogen) atoms. The van der Waals surface area contributed by atoms with Crippen LogP contribution in [0, 0.1) is 17.8 Å². The van der Waals surface area contributed by atoms with Crippen molar-refractivity contribution in [2.24, 2.45) is 17.8 Å². The Kier molecular flexibility index (Phi) is 3.68. The molecule has 1 N–H and O–H groups in total. The van der Waals surface area contributed by atoms with Crippen molar-refractivity contribution in [1.82, 2.24) is 15.1 Å². The van der Waals surface area contributed by atoms with Gasteiger partial charge >= 0.3 is 0 Å². The lowest BCUT2D eigenvalue weighted by molar-refractivity contribution is 0.0915. The molecule has 0 radical (unpaired) electrons. The van der Waals surface area contributed by atoms with Crippen molar-refractivity contribution < 1.29 is 4.79 Å². The lowest BCUT2D eigenvalue weighted by Gasteiger charge is -2.28. The molecule has 2 aromatic rings. The number of hydrogen-bond donors (Lipinski definition) is 1. The molecule has 4 unspecified atom stereocenters. The van der Waals surface area contributed by atoms with Crippen LogP contribution >= 0.6 is 0 Å². The second kappa shape index (κ2) is 5.84. The van der Waals surface area contributed by atoms with Gasteiger partial charge in [-0.05, 0) is 56.1 Å². The van der Waals surface area contributed by atoms with Gasteiger partial charge in [0.2, 0.25) is 0 Å². The molecule has 120 valence electrons. The maximum atomic E-state index is 12.5. The number of carbonyl (C=O) groups is 1. The third kappa shape index (κ3) is 2.78. The molecule has 1 heterocycles. The average molecular weight is 309 g/mol. The lowest BCUT2D eigenvalue weighted by atomic mass is 9.84. The number of fused-ring (bicyclic) bond motifs is 2. The molecule has 1 aromatic heterocycles. The Hall–Kier alpha value is -2.10. The van der Waals surface area contributed by atoms with Gasteiger partial charge in [-0.15, -0.1) is 0 Å². The zero-order valence-corrected chi connectivity index (χ0v) is 13.5. The summed E-state index contributed by atoms with van der Waals surface area (Å²) in [5.41, 5.74) is 1.59. The summed E-state index contributed by atoms with van der Waals surface area (Å²) in [6.45, 7) is 2.16. The van der Waals surface area contributed by atoms with Crippen molar-refractivity contribution in [3.8, 4) is 5.69 Å². The van der Waals surface area contributed by atoms with Gasteiger partial charge in [0.25, 0.3) is 5.91 Å². The highest BCUT2D eigenvalue weighted by molar-refractivity contribution is 5.94. The summed E-state index contributed by atoms with van der Waals surface area (Å²) in [5.74, 6) is 2.37. The minimum atomic E-state index is -0.0116. The molecule has 2 aliphatic rings. The fraction of sp³-hybridized carbons (Fsp3) is 0.474. The van der Waals surface area contributed by atoms with Crippen LogP contribution < -0.4 is 5.32 Å². The van der Waals surface area contributed by atoms with Gasteiger partial charge < -0.3 is 5.32 Å². The molecule has 1 aromatic carbocycles. The van der Waals surface area contributed by atoms with E-state index in [1.165, 1.54) is 25.7 Å². The Labute approximate surface area is 136 Å². The zero-order chi connectivity index (χ0) is 15.8. The Morgan fingerprint density at radius 1 is 1.26 bits per heavy atom. The SMILES string of the molecule is CC(NC(=O)c1cnn(-c2ccccc2)c1)C1CC2CCC1C2. The van der Waals surface area contributed by atoms with Crippen molar-refractivity contribution in [3.63, 3.8) is 0 Å². The van der Waals surface area contributed by atoms with Crippen LogP contribution in [-0.2, 0) is 0 Å². The molecule has 2 fully saturated rings. The summed E-state index contributed by atoms with van der Waals surface area (Å²) in [7, 11) is 0. The van der Waals surface area contributed by atoms with Crippen LogP contribution in [0.2, 0.25) is 0 Å². The van der Waals surface area contributed by atoms with Crippen molar-refractivity contribution in [2.75, 3.05) is 0 Å². The first-order valence-electron chi connectivity index (χ1n) is 8.61. The highest BCUT2D eigenvalue weighted by Gasteiger charge is 2.42. The first-order valence-corrected chi connectivity index (χ1v) is 8.61. The van der Waals surface area contributed by atoms with Gasteiger partial charge in [0.05, 0.1) is 17.4 Å². The van der Waals surface area contributed by atoms with Crippen LogP contribution in [0.4, 0.5) is 0 Å². The molecule has 0 aliphatic heterocycles. The van der Waals surface area contributed by atoms with E-state index >= 15 is 0 Å². The molecule has 4 rings (SSSR count). The number of amides is 1. The van der Waals surface area contributed by atoms with Crippen LogP contribution in [0.15, 0.2) is 42.7 Å². The van der Waals surface area contributed by atoms with Crippen molar-refractivity contribution in [3.05, 3.63) is 48.3 Å². The van der Waals surface area contributed by atoms with E-state index in [1.54, 1.807) is 17.1 Å². The van der Waals surface area contributed by atoms with Gasteiger partial charge in [-0.25, -0.2) is 4.68 Å². The van der Waals surface area contributed by atoms with E-state index in [0.717, 1.165) is 17.5 Å². The summed E-state index contributed by atoms with van der Waals surface area (Å²) in [6.07, 6.45) is 8.85. The molecule has 2 aliphatic carbocycles. The fourth-order valence-electron chi connectivity index (χ4n) is 4.47. The smallest absolute Gasteiger partial charge is 0.254 e. The zero-order valence-electron chi connectivity index (χ0n) is 13.5. The maximum absolute atomic E-state index is 12.5. The topological polar surface area (TPSA) is 46.9 Å². The van der Waals surface area contributed by atoms with Crippen LogP contribution in [0.3, 0.4) is 0 Å². The Balaban J connectivity index is 1.42. The van der Waals surface area contributed by atoms with E-state index < -0.39 is 0 Å². The van der Waals surface area contributed by atoms with Gasteiger partial charge in [0.15, 0.2) is 0 Å². The average Bonchev–Trinajstić information content (AvgIpc) is 3.31. The monoisotopic (exact) mass is 309 g/mol. The quantitative estimate of drug-likeness (QED) is 0.940. The normalized spacial score (nSPS) is 27.1. The van der Waals surface area contributed by atoms with E-state index in [-0.39, 0.29) is 11.9 Å². The number of aromatic nitrogens is 2. The first kappa shape index (κ1) is 14.5. The second-order valence-electron chi connectivity index (χ2n) is 7.11. The van der Waals surface area contributed by atoms with Crippen LogP contribution in [-0.4, -0.2) is 21.7 Å². The summed E-state index contributed by atoms with van der Waals surface area (Å²) >= 11 is 0. The number of benzene rings is 1. The third-order valence-corrected chi connectivity index (χ3v) is 5.66. The largest absolute Gasteiger partial charge is 0.349 e. The minimum absolute atomic E-state index is 0.0116. The molecule has 4 atom stereocenters. The van der Waals surface area contributed by atoms with E-state index in [1.807, 2.05) is 30.3 Å². The Bertz CT molecular complexity index is 694. The van der Waals surface area contributed by atoms with Gasteiger partial charge in [-0.2, -0.15) is 5.10 Å². The summed E-state index contributed by atoms with van der Waals surface area (Å²) in [4.78, 5) is 12.5. The predicted octanol–water partition coefficient (Wildman–Crippen LogP) is 3.43. The molecule has 0 saturated heterocycles. The van der Waals surface area contributed by atoms with Crippen molar-refractivity contribution in [2.45, 2.75) is 38.6 Å². The third-order valence-electron chi connectivity index (χ3n) is 5.66. The van der Waals surface area contributed by atoms with E-state index in [2.05, 4.69) is 17.3 Å².